The maximum atomic E-state index is 12.5. The van der Waals surface area contributed by atoms with E-state index < -0.39 is 0 Å². The Morgan fingerprint density at radius 1 is 1.00 bits per heavy atom. The first-order valence-corrected chi connectivity index (χ1v) is 13.2. The van der Waals surface area contributed by atoms with Crippen molar-refractivity contribution in [1.82, 2.24) is 10.3 Å². The molecule has 33 heavy (non-hydrogen) atoms. The Balaban J connectivity index is 1.19. The van der Waals surface area contributed by atoms with E-state index in [2.05, 4.69) is 49.5 Å². The van der Waals surface area contributed by atoms with E-state index >= 15 is 0 Å². The maximum Gasteiger partial charge on any atom is 0.138 e. The molecule has 0 aliphatic heterocycles. The number of benzene rings is 1. The van der Waals surface area contributed by atoms with Gasteiger partial charge in [0.05, 0.1) is 17.3 Å². The van der Waals surface area contributed by atoms with Gasteiger partial charge in [0, 0.05) is 29.3 Å². The van der Waals surface area contributed by atoms with Gasteiger partial charge in [-0.2, -0.15) is 0 Å². The van der Waals surface area contributed by atoms with Gasteiger partial charge in [-0.1, -0.05) is 26.8 Å². The first-order chi connectivity index (χ1) is 15.8. The van der Waals surface area contributed by atoms with Crippen LogP contribution in [-0.2, 0) is 11.3 Å². The molecule has 4 aliphatic carbocycles. The molecule has 4 heteroatoms. The Hall–Kier alpha value is -1.94. The highest BCUT2D eigenvalue weighted by atomic mass is 16.5. The third-order valence-corrected chi connectivity index (χ3v) is 9.11. The molecule has 1 aromatic carbocycles. The fraction of sp³-hybridized carbons (Fsp3) is 0.655. The van der Waals surface area contributed by atoms with Crippen molar-refractivity contribution in [3.63, 3.8) is 0 Å². The summed E-state index contributed by atoms with van der Waals surface area (Å²) in [6, 6.07) is 10.7. The quantitative estimate of drug-likeness (QED) is 0.509. The van der Waals surface area contributed by atoms with Gasteiger partial charge in [0.25, 0.3) is 0 Å². The fourth-order valence-electron chi connectivity index (χ4n) is 6.52. The number of rotatable bonds is 7. The Morgan fingerprint density at radius 3 is 2.36 bits per heavy atom. The lowest BCUT2D eigenvalue weighted by molar-refractivity contribution is -0.135. The Bertz CT molecular complexity index is 993. The molecule has 0 spiro atoms. The summed E-state index contributed by atoms with van der Waals surface area (Å²) in [5.74, 6) is 1.45. The van der Waals surface area contributed by atoms with Crippen molar-refractivity contribution in [2.24, 2.45) is 10.8 Å². The number of fused-ring (bicyclic) bond motifs is 4. The number of carbonyl (C=O) groups excluding carboxylic acids is 1. The Kier molecular flexibility index (Phi) is 6.01. The average molecular weight is 449 g/mol. The molecule has 1 aromatic heterocycles. The van der Waals surface area contributed by atoms with Crippen LogP contribution in [0.4, 0.5) is 0 Å². The van der Waals surface area contributed by atoms with Gasteiger partial charge >= 0.3 is 0 Å². The van der Waals surface area contributed by atoms with Gasteiger partial charge < -0.3 is 10.1 Å². The van der Waals surface area contributed by atoms with E-state index in [1.54, 1.807) is 0 Å². The molecule has 2 aromatic rings. The van der Waals surface area contributed by atoms with Crippen molar-refractivity contribution in [1.29, 1.82) is 0 Å². The Morgan fingerprint density at radius 2 is 1.70 bits per heavy atom. The number of nitrogens with zero attached hydrogens (tertiary/aromatic N) is 1. The molecular formula is C29H40N2O2. The molecule has 1 N–H and O–H groups in total. The molecule has 0 saturated heterocycles. The lowest BCUT2D eigenvalue weighted by atomic mass is 9.55. The fourth-order valence-corrected chi connectivity index (χ4v) is 6.52. The first kappa shape index (κ1) is 22.8. The largest absolute Gasteiger partial charge is 0.490 e. The first-order valence-electron chi connectivity index (χ1n) is 13.2. The summed E-state index contributed by atoms with van der Waals surface area (Å²) in [6.07, 6.45) is 12.3. The number of aromatic nitrogens is 1. The summed E-state index contributed by atoms with van der Waals surface area (Å²) in [5.41, 5.74) is 2.77. The van der Waals surface area contributed by atoms with Crippen LogP contribution in [0.3, 0.4) is 0 Å². The van der Waals surface area contributed by atoms with Gasteiger partial charge in [-0.3, -0.25) is 9.78 Å². The summed E-state index contributed by atoms with van der Waals surface area (Å²) < 4.78 is 6.31. The lowest BCUT2D eigenvalue weighted by Gasteiger charge is -2.53. The van der Waals surface area contributed by atoms with Gasteiger partial charge in [0.1, 0.15) is 11.5 Å². The number of hydrogen-bond acceptors (Lipinski definition) is 4. The van der Waals surface area contributed by atoms with Crippen LogP contribution < -0.4 is 10.1 Å². The van der Waals surface area contributed by atoms with E-state index in [1.807, 2.05) is 6.92 Å². The molecule has 2 bridgehead atoms. The Labute approximate surface area is 198 Å². The highest BCUT2D eigenvalue weighted by molar-refractivity contribution is 5.85. The smallest absolute Gasteiger partial charge is 0.138 e. The molecule has 178 valence electrons. The van der Waals surface area contributed by atoms with Crippen molar-refractivity contribution >= 4 is 16.7 Å². The van der Waals surface area contributed by atoms with Gasteiger partial charge in [0.2, 0.25) is 0 Å². The van der Waals surface area contributed by atoms with E-state index in [1.165, 1.54) is 12.8 Å². The SMILES string of the molecule is CCC(=O)C12CCC(NCc3ccc4cc(OC5CCC(C)(C)CC5)ccc4n3)(CC1)CC2. The van der Waals surface area contributed by atoms with Crippen LogP contribution in [0.1, 0.15) is 97.1 Å². The van der Waals surface area contributed by atoms with Crippen molar-refractivity contribution in [2.45, 2.75) is 110 Å². The number of carbonyl (C=O) groups is 1. The van der Waals surface area contributed by atoms with Crippen molar-refractivity contribution in [3.8, 4) is 5.75 Å². The van der Waals surface area contributed by atoms with Crippen molar-refractivity contribution < 1.29 is 9.53 Å². The minimum Gasteiger partial charge on any atom is -0.490 e. The third kappa shape index (κ3) is 4.69. The minimum atomic E-state index is -0.00696. The van der Waals surface area contributed by atoms with Crippen LogP contribution >= 0.6 is 0 Å². The second-order valence-electron chi connectivity index (χ2n) is 11.8. The predicted octanol–water partition coefficient (Wildman–Crippen LogP) is 6.74. The number of ketones is 1. The van der Waals surface area contributed by atoms with Crippen LogP contribution in [0.25, 0.3) is 10.9 Å². The second-order valence-corrected chi connectivity index (χ2v) is 11.8. The van der Waals surface area contributed by atoms with Crippen LogP contribution in [0.5, 0.6) is 5.75 Å². The summed E-state index contributed by atoms with van der Waals surface area (Å²) in [6.45, 7) is 7.53. The summed E-state index contributed by atoms with van der Waals surface area (Å²) >= 11 is 0. The zero-order chi connectivity index (χ0) is 23.1. The summed E-state index contributed by atoms with van der Waals surface area (Å²) in [7, 11) is 0. The number of pyridine rings is 1. The van der Waals surface area contributed by atoms with Gasteiger partial charge in [-0.15, -0.1) is 0 Å². The molecule has 6 rings (SSSR count). The highest BCUT2D eigenvalue weighted by Crippen LogP contribution is 2.53. The predicted molar refractivity (Wildman–Crippen MR) is 133 cm³/mol. The molecule has 0 radical (unpaired) electrons. The zero-order valence-electron chi connectivity index (χ0n) is 20.7. The standard InChI is InChI=1S/C29H40N2O2/c1-4-26(32)28-13-16-29(17-14-28,18-15-28)30-20-22-6-5-21-19-24(7-8-25(21)31-22)33-23-9-11-27(2,3)12-10-23/h5-8,19,23,30H,4,9-18,20H2,1-3H3. The summed E-state index contributed by atoms with van der Waals surface area (Å²) in [5, 5.41) is 4.99. The van der Waals surface area contributed by atoms with E-state index in [9.17, 15) is 4.79 Å². The molecular weight excluding hydrogens is 408 g/mol. The van der Waals surface area contributed by atoms with Crippen LogP contribution in [0.2, 0.25) is 0 Å². The molecule has 4 saturated carbocycles. The minimum absolute atomic E-state index is 0.00696. The van der Waals surface area contributed by atoms with E-state index in [4.69, 9.17) is 9.72 Å². The monoisotopic (exact) mass is 448 g/mol. The highest BCUT2D eigenvalue weighted by Gasteiger charge is 2.51. The number of Topliss-reactive ketones (excluding diaryl/α,β-unsaturated/α-hetero) is 1. The molecule has 0 unspecified atom stereocenters. The van der Waals surface area contributed by atoms with E-state index in [0.717, 1.165) is 80.3 Å². The second kappa shape index (κ2) is 8.69. The number of hydrogen-bond donors (Lipinski definition) is 1. The van der Waals surface area contributed by atoms with Crippen LogP contribution in [0.15, 0.2) is 30.3 Å². The van der Waals surface area contributed by atoms with Crippen LogP contribution in [0, 0.1) is 10.8 Å². The normalized spacial score (nSPS) is 29.3. The van der Waals surface area contributed by atoms with E-state index in [-0.39, 0.29) is 11.0 Å². The third-order valence-electron chi connectivity index (χ3n) is 9.11. The average Bonchev–Trinajstić information content (AvgIpc) is 2.84. The molecule has 0 atom stereocenters. The summed E-state index contributed by atoms with van der Waals surface area (Å²) in [4.78, 5) is 17.4. The van der Waals surface area contributed by atoms with Crippen LogP contribution in [-0.4, -0.2) is 22.4 Å². The zero-order valence-corrected chi connectivity index (χ0v) is 20.7. The molecule has 0 amide bonds. The molecule has 1 heterocycles. The van der Waals surface area contributed by atoms with E-state index in [0.29, 0.717) is 23.7 Å². The maximum absolute atomic E-state index is 12.5. The lowest BCUT2D eigenvalue weighted by Crippen LogP contribution is -2.56. The molecule has 4 fully saturated rings. The van der Waals surface area contributed by atoms with Crippen molar-refractivity contribution in [3.05, 3.63) is 36.0 Å². The van der Waals surface area contributed by atoms with Gasteiger partial charge in [0.15, 0.2) is 0 Å². The molecule has 4 nitrogen and oxygen atoms in total. The molecule has 4 aliphatic rings. The topological polar surface area (TPSA) is 51.2 Å². The van der Waals surface area contributed by atoms with Crippen molar-refractivity contribution in [2.75, 3.05) is 0 Å². The van der Waals surface area contributed by atoms with Gasteiger partial charge in [-0.25, -0.2) is 0 Å². The van der Waals surface area contributed by atoms with Gasteiger partial charge in [-0.05, 0) is 93.9 Å². The number of ether oxygens (including phenoxy) is 1. The number of nitrogens with one attached hydrogen (secondary N) is 1.